The first-order valence-corrected chi connectivity index (χ1v) is 16.6. The first kappa shape index (κ1) is 31.9. The van der Waals surface area contributed by atoms with Gasteiger partial charge in [0.05, 0.1) is 37.5 Å². The van der Waals surface area contributed by atoms with E-state index in [1.165, 1.54) is 16.9 Å². The smallest absolute Gasteiger partial charge is 0.338 e. The van der Waals surface area contributed by atoms with E-state index in [1.54, 1.807) is 18.4 Å². The molecule has 10 heteroatoms. The van der Waals surface area contributed by atoms with Crippen LogP contribution in [0.5, 0.6) is 11.5 Å². The number of para-hydroxylation sites is 1. The highest BCUT2D eigenvalue weighted by Gasteiger charge is 2.35. The number of allylic oxidation sites excluding steroid dienone is 1. The summed E-state index contributed by atoms with van der Waals surface area (Å²) < 4.78 is 21.2. The number of carbonyl (C=O) groups is 1. The molecule has 4 aromatic rings. The molecule has 7 nitrogen and oxygen atoms in total. The minimum atomic E-state index is -0.765. The lowest BCUT2D eigenvalue weighted by Gasteiger charge is -2.26. The van der Waals surface area contributed by atoms with E-state index in [4.69, 9.17) is 14.2 Å². The van der Waals surface area contributed by atoms with Crippen molar-refractivity contribution < 1.29 is 19.0 Å². The second-order valence-corrected chi connectivity index (χ2v) is 13.3. The van der Waals surface area contributed by atoms with Gasteiger partial charge in [0.25, 0.3) is 5.56 Å². The molecule has 0 unspecified atom stereocenters. The monoisotopic (exact) mass is 738 g/mol. The maximum atomic E-state index is 14.1. The number of hydrogen-bond acceptors (Lipinski definition) is 7. The van der Waals surface area contributed by atoms with Crippen molar-refractivity contribution >= 4 is 55.2 Å². The topological polar surface area (TPSA) is 79.1 Å². The van der Waals surface area contributed by atoms with Crippen molar-refractivity contribution in [2.24, 2.45) is 4.99 Å². The molecule has 0 bridgehead atoms. The molecule has 0 spiro atoms. The van der Waals surface area contributed by atoms with E-state index in [-0.39, 0.29) is 18.3 Å². The fraction of sp³-hybridized carbons (Fsp3) is 0.265. The van der Waals surface area contributed by atoms with Crippen LogP contribution in [0.1, 0.15) is 56.0 Å². The van der Waals surface area contributed by atoms with Gasteiger partial charge in [-0.3, -0.25) is 9.36 Å². The number of aryl methyl sites for hydroxylation is 1. The van der Waals surface area contributed by atoms with Crippen LogP contribution in [0, 0.1) is 6.92 Å². The van der Waals surface area contributed by atoms with Crippen molar-refractivity contribution in [3.8, 4) is 11.5 Å². The van der Waals surface area contributed by atoms with Crippen molar-refractivity contribution in [2.75, 3.05) is 6.61 Å². The van der Waals surface area contributed by atoms with Gasteiger partial charge in [0.15, 0.2) is 4.80 Å². The van der Waals surface area contributed by atoms with Crippen LogP contribution >= 0.6 is 43.2 Å². The van der Waals surface area contributed by atoms with E-state index < -0.39 is 12.0 Å². The van der Waals surface area contributed by atoms with Crippen LogP contribution in [-0.4, -0.2) is 23.2 Å². The van der Waals surface area contributed by atoms with Gasteiger partial charge in [-0.2, -0.15) is 0 Å². The molecular formula is C34H32Br2N2O5S. The van der Waals surface area contributed by atoms with Crippen molar-refractivity contribution in [3.63, 3.8) is 0 Å². The van der Waals surface area contributed by atoms with Gasteiger partial charge < -0.3 is 14.2 Å². The standard InChI is InChI=1S/C34H32Br2N2O5S/c1-6-41-33(40)29-21(5)37-34-38(30(29)24-12-7-8-13-27(24)43-19(2)3)32(39)28(44-34)17-23-15-25(35)31(26(36)16-23)42-18-22-11-9-10-20(4)14-22/h7-17,19,30H,6,18H2,1-5H3/b28-17+/t30-/m0/s1. The minimum absolute atomic E-state index is 0.108. The summed E-state index contributed by atoms with van der Waals surface area (Å²) in [6, 6.07) is 18.7. The molecule has 5 rings (SSSR count). The van der Waals surface area contributed by atoms with Crippen LogP contribution in [0.4, 0.5) is 0 Å². The van der Waals surface area contributed by atoms with Gasteiger partial charge in [0.2, 0.25) is 0 Å². The molecule has 0 saturated heterocycles. The Labute approximate surface area is 276 Å². The zero-order valence-corrected chi connectivity index (χ0v) is 29.0. The number of thiazole rings is 1. The second kappa shape index (κ2) is 13.7. The number of hydrogen-bond donors (Lipinski definition) is 0. The molecule has 3 aromatic carbocycles. The van der Waals surface area contributed by atoms with Gasteiger partial charge >= 0.3 is 5.97 Å². The Hall–Kier alpha value is -3.47. The molecule has 0 aliphatic carbocycles. The summed E-state index contributed by atoms with van der Waals surface area (Å²) >= 11 is 8.56. The highest BCUT2D eigenvalue weighted by molar-refractivity contribution is 9.11. The summed E-state index contributed by atoms with van der Waals surface area (Å²) in [6.07, 6.45) is 1.71. The predicted molar refractivity (Wildman–Crippen MR) is 180 cm³/mol. The average molecular weight is 741 g/mol. The summed E-state index contributed by atoms with van der Waals surface area (Å²) in [5.74, 6) is 0.746. The Kier molecular flexibility index (Phi) is 9.92. The zero-order valence-electron chi connectivity index (χ0n) is 25.0. The number of carbonyl (C=O) groups excluding carboxylic acids is 1. The lowest BCUT2D eigenvalue weighted by atomic mass is 9.95. The maximum absolute atomic E-state index is 14.1. The van der Waals surface area contributed by atoms with Gasteiger partial charge in [-0.25, -0.2) is 9.79 Å². The lowest BCUT2D eigenvalue weighted by molar-refractivity contribution is -0.139. The zero-order chi connectivity index (χ0) is 31.5. The summed E-state index contributed by atoms with van der Waals surface area (Å²) in [5.41, 5.74) is 4.27. The third kappa shape index (κ3) is 6.77. The summed E-state index contributed by atoms with van der Waals surface area (Å²) in [6.45, 7) is 10.1. The molecule has 1 aromatic heterocycles. The van der Waals surface area contributed by atoms with E-state index in [0.29, 0.717) is 44.3 Å². The number of rotatable bonds is 9. The second-order valence-electron chi connectivity index (χ2n) is 10.6. The van der Waals surface area contributed by atoms with Crippen LogP contribution in [0.15, 0.2) is 90.7 Å². The Bertz CT molecular complexity index is 1920. The summed E-state index contributed by atoms with van der Waals surface area (Å²) in [5, 5.41) is 0. The highest BCUT2D eigenvalue weighted by atomic mass is 79.9. The molecule has 1 aliphatic rings. The van der Waals surface area contributed by atoms with Crippen LogP contribution in [0.2, 0.25) is 0 Å². The SMILES string of the molecule is CCOC(=O)C1=C(C)N=c2s/c(=C/c3cc(Br)c(OCc4cccc(C)c4)c(Br)c3)c(=O)n2[C@H]1c1ccccc1OC(C)C. The lowest BCUT2D eigenvalue weighted by Crippen LogP contribution is -2.40. The number of nitrogens with zero attached hydrogens (tertiary/aromatic N) is 2. The Morgan fingerprint density at radius 2 is 1.80 bits per heavy atom. The first-order valence-electron chi connectivity index (χ1n) is 14.2. The molecule has 1 aliphatic heterocycles. The fourth-order valence-corrected chi connectivity index (χ4v) is 7.56. The highest BCUT2D eigenvalue weighted by Crippen LogP contribution is 2.37. The molecule has 0 saturated carbocycles. The normalized spacial score (nSPS) is 14.8. The van der Waals surface area contributed by atoms with Crippen LogP contribution < -0.4 is 24.4 Å². The molecule has 228 valence electrons. The van der Waals surface area contributed by atoms with Crippen molar-refractivity contribution in [3.05, 3.63) is 123 Å². The molecular weight excluding hydrogens is 708 g/mol. The number of aromatic nitrogens is 1. The number of halogens is 2. The van der Waals surface area contributed by atoms with E-state index in [0.717, 1.165) is 20.1 Å². The van der Waals surface area contributed by atoms with E-state index in [2.05, 4.69) is 42.9 Å². The largest absolute Gasteiger partial charge is 0.491 e. The third-order valence-corrected chi connectivity index (χ3v) is 9.04. The average Bonchev–Trinajstić information content (AvgIpc) is 3.26. The van der Waals surface area contributed by atoms with Crippen molar-refractivity contribution in [2.45, 2.75) is 53.4 Å². The molecule has 0 radical (unpaired) electrons. The third-order valence-electron chi connectivity index (χ3n) is 6.88. The van der Waals surface area contributed by atoms with Gasteiger partial charge in [-0.05, 0) is 102 Å². The number of fused-ring (bicyclic) bond motifs is 1. The van der Waals surface area contributed by atoms with Gasteiger partial charge in [0.1, 0.15) is 24.1 Å². The van der Waals surface area contributed by atoms with E-state index in [1.807, 2.05) is 81.4 Å². The number of benzene rings is 3. The van der Waals surface area contributed by atoms with Gasteiger partial charge in [-0.15, -0.1) is 0 Å². The summed E-state index contributed by atoms with van der Waals surface area (Å²) in [7, 11) is 0. The Morgan fingerprint density at radius 1 is 1.07 bits per heavy atom. The summed E-state index contributed by atoms with van der Waals surface area (Å²) in [4.78, 5) is 32.6. The van der Waals surface area contributed by atoms with Gasteiger partial charge in [0, 0.05) is 5.56 Å². The first-order chi connectivity index (χ1) is 21.1. The van der Waals surface area contributed by atoms with Crippen molar-refractivity contribution in [1.82, 2.24) is 4.57 Å². The van der Waals surface area contributed by atoms with Crippen LogP contribution in [-0.2, 0) is 16.1 Å². The van der Waals surface area contributed by atoms with Crippen molar-refractivity contribution in [1.29, 1.82) is 0 Å². The fourth-order valence-electron chi connectivity index (χ4n) is 5.06. The number of esters is 1. The maximum Gasteiger partial charge on any atom is 0.338 e. The molecule has 0 amide bonds. The number of ether oxygens (including phenoxy) is 3. The quantitative estimate of drug-likeness (QED) is 0.173. The van der Waals surface area contributed by atoms with Crippen LogP contribution in [0.25, 0.3) is 6.08 Å². The molecule has 2 heterocycles. The van der Waals surface area contributed by atoms with Gasteiger partial charge in [-0.1, -0.05) is 59.4 Å². The molecule has 0 N–H and O–H groups in total. The van der Waals surface area contributed by atoms with E-state index in [9.17, 15) is 9.59 Å². The Balaban J connectivity index is 1.59. The minimum Gasteiger partial charge on any atom is -0.491 e. The predicted octanol–water partition coefficient (Wildman–Crippen LogP) is 7.00. The molecule has 44 heavy (non-hydrogen) atoms. The van der Waals surface area contributed by atoms with Crippen LogP contribution in [0.3, 0.4) is 0 Å². The molecule has 1 atom stereocenters. The molecule has 0 fully saturated rings. The van der Waals surface area contributed by atoms with E-state index >= 15 is 0 Å². The Morgan fingerprint density at radius 3 is 2.48 bits per heavy atom.